The molecule has 0 aromatic rings. The summed E-state index contributed by atoms with van der Waals surface area (Å²) >= 11 is 0. The highest BCUT2D eigenvalue weighted by atomic mass is 16.7. The van der Waals surface area contributed by atoms with Gasteiger partial charge in [0.2, 0.25) is 0 Å². The quantitative estimate of drug-likeness (QED) is 0.0645. The number of aliphatic hydroxyl groups is 3. The molecule has 4 aliphatic carbocycles. The van der Waals surface area contributed by atoms with Crippen LogP contribution in [0.5, 0.6) is 0 Å². The molecule has 7 heteroatoms. The highest BCUT2D eigenvalue weighted by Gasteiger charge is 2.59. The van der Waals surface area contributed by atoms with Gasteiger partial charge in [0.05, 0.1) is 6.10 Å². The fourth-order valence-corrected chi connectivity index (χ4v) is 12.6. The molecule has 0 bridgehead atoms. The predicted octanol–water partition coefficient (Wildman–Crippen LogP) is 10.3. The molecular weight excluding hydrogens is 677 g/mol. The lowest BCUT2D eigenvalue weighted by Gasteiger charge is -2.58. The van der Waals surface area contributed by atoms with Gasteiger partial charge in [0.1, 0.15) is 31.0 Å². The van der Waals surface area contributed by atoms with Crippen molar-refractivity contribution in [2.75, 3.05) is 6.61 Å². The second kappa shape index (κ2) is 20.1. The van der Waals surface area contributed by atoms with E-state index in [9.17, 15) is 20.1 Å². The van der Waals surface area contributed by atoms with Gasteiger partial charge in [-0.25, -0.2) is 0 Å². The third kappa shape index (κ3) is 10.2. The third-order valence-electron chi connectivity index (χ3n) is 16.2. The Kier molecular flexibility index (Phi) is 16.4. The van der Waals surface area contributed by atoms with Gasteiger partial charge in [-0.15, -0.1) is 0 Å². The van der Waals surface area contributed by atoms with E-state index in [0.717, 1.165) is 80.5 Å². The first-order chi connectivity index (χ1) is 25.8. The number of allylic oxidation sites excluding steroid dienone is 1. The number of unbranched alkanes of at least 4 members (excludes halogenated alkanes) is 8. The van der Waals surface area contributed by atoms with Crippen LogP contribution in [0.2, 0.25) is 0 Å². The molecular formula is C47H82O7. The normalized spacial score (nSPS) is 39.0. The van der Waals surface area contributed by atoms with Gasteiger partial charge >= 0.3 is 5.97 Å². The van der Waals surface area contributed by atoms with Gasteiger partial charge in [-0.3, -0.25) is 4.79 Å². The van der Waals surface area contributed by atoms with Crippen molar-refractivity contribution in [2.24, 2.45) is 52.3 Å². The summed E-state index contributed by atoms with van der Waals surface area (Å²) in [7, 11) is 0. The summed E-state index contributed by atoms with van der Waals surface area (Å²) in [6, 6.07) is 0. The Morgan fingerprint density at radius 3 is 2.24 bits per heavy atom. The zero-order chi connectivity index (χ0) is 39.0. The topological polar surface area (TPSA) is 105 Å². The first kappa shape index (κ1) is 44.1. The zero-order valence-corrected chi connectivity index (χ0v) is 35.6. The van der Waals surface area contributed by atoms with Crippen LogP contribution in [0.25, 0.3) is 0 Å². The number of carbonyl (C=O) groups is 1. The second-order valence-corrected chi connectivity index (χ2v) is 19.7. The first-order valence-electron chi connectivity index (χ1n) is 23.0. The number of rotatable bonds is 20. The Hall–Kier alpha value is -0.990. The fraction of sp³-hybridized carbons (Fsp3) is 0.936. The van der Waals surface area contributed by atoms with E-state index >= 15 is 0 Å². The second-order valence-electron chi connectivity index (χ2n) is 19.7. The van der Waals surface area contributed by atoms with Crippen LogP contribution in [-0.4, -0.2) is 64.7 Å². The number of esters is 1. The third-order valence-corrected chi connectivity index (χ3v) is 16.2. The van der Waals surface area contributed by atoms with Crippen molar-refractivity contribution in [3.8, 4) is 0 Å². The Bertz CT molecular complexity index is 1190. The van der Waals surface area contributed by atoms with Gasteiger partial charge in [-0.05, 0) is 116 Å². The van der Waals surface area contributed by atoms with Crippen molar-refractivity contribution >= 4 is 5.97 Å². The minimum atomic E-state index is -1.44. The SMILES string of the molecule is CCCCCCCCCCCC(=O)OCC1OC(OC2CCC3(C)C(=CCC4C3CCC3(C)C(C(C)CCC(CC)C(C)C)CCC43)C2)C(O)C(O)C1O. The molecule has 54 heavy (non-hydrogen) atoms. The summed E-state index contributed by atoms with van der Waals surface area (Å²) in [4.78, 5) is 12.5. The Labute approximate surface area is 330 Å². The standard InChI is InChI=1S/C47H82O7/c1-8-10-11-12-13-14-15-16-17-18-41(48)52-30-40-42(49)43(50)44(51)45(54-40)53-35-25-27-46(6)34(29-35)21-22-36-38-24-23-37(47(38,7)28-26-39(36)46)32(5)19-20-33(9-2)31(3)4/h21,31-33,35-40,42-45,49-51H,8-20,22-30H2,1-7H3. The van der Waals surface area contributed by atoms with Crippen LogP contribution < -0.4 is 0 Å². The van der Waals surface area contributed by atoms with Crippen LogP contribution in [0.4, 0.5) is 0 Å². The predicted molar refractivity (Wildman–Crippen MR) is 217 cm³/mol. The number of hydrogen-bond acceptors (Lipinski definition) is 7. The maximum Gasteiger partial charge on any atom is 0.305 e. The van der Waals surface area contributed by atoms with E-state index in [1.54, 1.807) is 0 Å². The summed E-state index contributed by atoms with van der Waals surface area (Å²) < 4.78 is 18.0. The molecule has 5 rings (SSSR count). The Balaban J connectivity index is 1.10. The highest BCUT2D eigenvalue weighted by Crippen LogP contribution is 2.67. The van der Waals surface area contributed by atoms with Crippen LogP contribution in [0.15, 0.2) is 11.6 Å². The maximum atomic E-state index is 12.5. The Morgan fingerprint density at radius 2 is 1.56 bits per heavy atom. The van der Waals surface area contributed by atoms with Crippen LogP contribution in [0.1, 0.15) is 183 Å². The number of carbonyl (C=O) groups excluding carboxylic acids is 1. The molecule has 0 amide bonds. The molecule has 1 heterocycles. The monoisotopic (exact) mass is 759 g/mol. The molecule has 7 nitrogen and oxygen atoms in total. The summed E-state index contributed by atoms with van der Waals surface area (Å²) in [6.07, 6.45) is 20.5. The van der Waals surface area contributed by atoms with Crippen molar-refractivity contribution in [2.45, 2.75) is 220 Å². The molecule has 1 saturated heterocycles. The van der Waals surface area contributed by atoms with Crippen LogP contribution >= 0.6 is 0 Å². The van der Waals surface area contributed by atoms with Gasteiger partial charge in [0.15, 0.2) is 6.29 Å². The zero-order valence-electron chi connectivity index (χ0n) is 35.6. The van der Waals surface area contributed by atoms with Gasteiger partial charge in [0.25, 0.3) is 0 Å². The number of ether oxygens (including phenoxy) is 3. The minimum absolute atomic E-state index is 0.138. The van der Waals surface area contributed by atoms with Gasteiger partial charge in [0, 0.05) is 6.42 Å². The molecule has 14 unspecified atom stereocenters. The van der Waals surface area contributed by atoms with E-state index < -0.39 is 30.7 Å². The van der Waals surface area contributed by atoms with Crippen LogP contribution in [0, 0.1) is 52.3 Å². The molecule has 0 aromatic carbocycles. The molecule has 3 N–H and O–H groups in total. The van der Waals surface area contributed by atoms with E-state index in [1.807, 2.05) is 0 Å². The van der Waals surface area contributed by atoms with E-state index in [-0.39, 0.29) is 24.1 Å². The number of fused-ring (bicyclic) bond motifs is 5. The summed E-state index contributed by atoms with van der Waals surface area (Å²) in [5.74, 6) is 5.24. The van der Waals surface area contributed by atoms with E-state index in [2.05, 4.69) is 54.5 Å². The maximum absolute atomic E-state index is 12.5. The smallest absolute Gasteiger partial charge is 0.305 e. The molecule has 14 atom stereocenters. The van der Waals surface area contributed by atoms with Crippen molar-refractivity contribution in [1.82, 2.24) is 0 Å². The molecule has 0 radical (unpaired) electrons. The van der Waals surface area contributed by atoms with Crippen LogP contribution in [0.3, 0.4) is 0 Å². The molecule has 312 valence electrons. The summed E-state index contributed by atoms with van der Waals surface area (Å²) in [5, 5.41) is 32.4. The van der Waals surface area contributed by atoms with Crippen molar-refractivity contribution in [1.29, 1.82) is 0 Å². The van der Waals surface area contributed by atoms with Crippen molar-refractivity contribution in [3.05, 3.63) is 11.6 Å². The lowest BCUT2D eigenvalue weighted by molar-refractivity contribution is -0.313. The van der Waals surface area contributed by atoms with E-state index in [4.69, 9.17) is 14.2 Å². The average Bonchev–Trinajstić information content (AvgIpc) is 3.51. The minimum Gasteiger partial charge on any atom is -0.463 e. The number of hydrogen-bond donors (Lipinski definition) is 3. The largest absolute Gasteiger partial charge is 0.463 e. The van der Waals surface area contributed by atoms with Crippen molar-refractivity contribution in [3.63, 3.8) is 0 Å². The molecule has 0 aromatic heterocycles. The summed E-state index contributed by atoms with van der Waals surface area (Å²) in [6.45, 7) is 17.0. The summed E-state index contributed by atoms with van der Waals surface area (Å²) in [5.41, 5.74) is 2.13. The fourth-order valence-electron chi connectivity index (χ4n) is 12.6. The van der Waals surface area contributed by atoms with Gasteiger partial charge in [-0.2, -0.15) is 0 Å². The van der Waals surface area contributed by atoms with Gasteiger partial charge < -0.3 is 29.5 Å². The molecule has 5 aliphatic rings. The highest BCUT2D eigenvalue weighted by molar-refractivity contribution is 5.69. The van der Waals surface area contributed by atoms with Crippen LogP contribution in [-0.2, 0) is 19.0 Å². The lowest BCUT2D eigenvalue weighted by Crippen LogP contribution is -2.60. The van der Waals surface area contributed by atoms with E-state index in [0.29, 0.717) is 17.8 Å². The van der Waals surface area contributed by atoms with E-state index in [1.165, 1.54) is 89.0 Å². The molecule has 1 aliphatic heterocycles. The lowest BCUT2D eigenvalue weighted by atomic mass is 9.47. The molecule has 3 saturated carbocycles. The average molecular weight is 759 g/mol. The number of aliphatic hydroxyl groups excluding tert-OH is 3. The molecule has 4 fully saturated rings. The molecule has 0 spiro atoms. The van der Waals surface area contributed by atoms with Crippen molar-refractivity contribution < 1.29 is 34.3 Å². The van der Waals surface area contributed by atoms with Gasteiger partial charge in [-0.1, -0.05) is 124 Å². The Morgan fingerprint density at radius 1 is 0.852 bits per heavy atom. The first-order valence-corrected chi connectivity index (χ1v) is 23.0.